The Balaban J connectivity index is 2.18. The highest BCUT2D eigenvalue weighted by Gasteiger charge is 2.32. The number of amides is 1. The third kappa shape index (κ3) is 1.98. The van der Waals surface area contributed by atoms with E-state index in [2.05, 4.69) is 10.4 Å². The normalized spacial score (nSPS) is 17.8. The number of nitrogens with zero attached hydrogens (tertiary/aromatic N) is 2. The predicted molar refractivity (Wildman–Crippen MR) is 74.4 cm³/mol. The van der Waals surface area contributed by atoms with Crippen LogP contribution in [0.15, 0.2) is 18.2 Å². The number of hydrogen-bond donors (Lipinski definition) is 1. The van der Waals surface area contributed by atoms with Crippen molar-refractivity contribution in [3.63, 3.8) is 0 Å². The lowest BCUT2D eigenvalue weighted by Crippen LogP contribution is -2.24. The quantitative estimate of drug-likeness (QED) is 0.878. The van der Waals surface area contributed by atoms with Crippen LogP contribution in [0, 0.1) is 12.7 Å². The van der Waals surface area contributed by atoms with E-state index in [1.807, 2.05) is 6.92 Å². The van der Waals surface area contributed by atoms with Crippen LogP contribution in [0.25, 0.3) is 0 Å². The van der Waals surface area contributed by atoms with Gasteiger partial charge in [0.15, 0.2) is 0 Å². The molecule has 1 aliphatic rings. The Morgan fingerprint density at radius 1 is 1.50 bits per heavy atom. The number of rotatable bonds is 1. The molecule has 1 aliphatic heterocycles. The van der Waals surface area contributed by atoms with E-state index in [9.17, 15) is 9.18 Å². The molecule has 1 N–H and O–H groups in total. The maximum atomic E-state index is 13.2. The molecule has 0 aliphatic carbocycles. The second kappa shape index (κ2) is 4.59. The molecule has 0 unspecified atom stereocenters. The van der Waals surface area contributed by atoms with Crippen LogP contribution in [0.1, 0.15) is 29.2 Å². The first-order valence-corrected chi connectivity index (χ1v) is 6.63. The van der Waals surface area contributed by atoms with Gasteiger partial charge in [-0.05, 0) is 24.6 Å². The third-order valence-corrected chi connectivity index (χ3v) is 3.93. The standard InChI is InChI=1S/C14H13ClFN3O/c1-7-13-10(9-4-3-8(16)5-11(9)15)6-12(20)17-14(13)19(2)18-7/h3-5,10H,6H2,1-2H3,(H,17,20)/t10-/m1/s1. The molecule has 0 fully saturated rings. The number of aryl methyl sites for hydroxylation is 2. The number of carbonyl (C=O) groups excluding carboxylic acids is 1. The number of hydrogen-bond acceptors (Lipinski definition) is 2. The highest BCUT2D eigenvalue weighted by molar-refractivity contribution is 6.31. The zero-order valence-corrected chi connectivity index (χ0v) is 11.8. The third-order valence-electron chi connectivity index (χ3n) is 3.60. The van der Waals surface area contributed by atoms with E-state index in [1.54, 1.807) is 17.8 Å². The van der Waals surface area contributed by atoms with Crippen molar-refractivity contribution in [2.24, 2.45) is 7.05 Å². The molecule has 1 aromatic heterocycles. The first-order valence-electron chi connectivity index (χ1n) is 6.25. The van der Waals surface area contributed by atoms with Crippen molar-refractivity contribution in [3.05, 3.63) is 45.9 Å². The topological polar surface area (TPSA) is 46.9 Å². The summed E-state index contributed by atoms with van der Waals surface area (Å²) in [5.41, 5.74) is 2.54. The van der Waals surface area contributed by atoms with Gasteiger partial charge in [-0.25, -0.2) is 4.39 Å². The van der Waals surface area contributed by atoms with E-state index in [1.165, 1.54) is 12.1 Å². The minimum Gasteiger partial charge on any atom is -0.311 e. The summed E-state index contributed by atoms with van der Waals surface area (Å²) in [4.78, 5) is 11.9. The summed E-state index contributed by atoms with van der Waals surface area (Å²) in [6.45, 7) is 1.89. The van der Waals surface area contributed by atoms with E-state index >= 15 is 0 Å². The summed E-state index contributed by atoms with van der Waals surface area (Å²) in [6, 6.07) is 4.27. The summed E-state index contributed by atoms with van der Waals surface area (Å²) < 4.78 is 14.8. The summed E-state index contributed by atoms with van der Waals surface area (Å²) in [5.74, 6) is 0.0118. The van der Waals surface area contributed by atoms with Crippen molar-refractivity contribution >= 4 is 23.3 Å². The zero-order chi connectivity index (χ0) is 14.4. The van der Waals surface area contributed by atoms with Gasteiger partial charge in [0.2, 0.25) is 5.91 Å². The van der Waals surface area contributed by atoms with Gasteiger partial charge >= 0.3 is 0 Å². The maximum absolute atomic E-state index is 13.2. The monoisotopic (exact) mass is 293 g/mol. The van der Waals surface area contributed by atoms with Crippen LogP contribution < -0.4 is 5.32 Å². The van der Waals surface area contributed by atoms with Gasteiger partial charge in [-0.1, -0.05) is 17.7 Å². The Bertz CT molecular complexity index is 711. The van der Waals surface area contributed by atoms with Crippen molar-refractivity contribution < 1.29 is 9.18 Å². The lowest BCUT2D eigenvalue weighted by atomic mass is 9.86. The molecule has 0 bridgehead atoms. The van der Waals surface area contributed by atoms with Gasteiger partial charge in [-0.2, -0.15) is 5.10 Å². The van der Waals surface area contributed by atoms with Crippen LogP contribution in [-0.2, 0) is 11.8 Å². The Kier molecular flexibility index (Phi) is 3.01. The number of carbonyl (C=O) groups is 1. The van der Waals surface area contributed by atoms with Gasteiger partial charge in [0.1, 0.15) is 11.6 Å². The van der Waals surface area contributed by atoms with Gasteiger partial charge in [0.25, 0.3) is 0 Å². The molecule has 1 aromatic carbocycles. The van der Waals surface area contributed by atoms with Gasteiger partial charge in [-0.3, -0.25) is 9.48 Å². The van der Waals surface area contributed by atoms with Gasteiger partial charge in [0, 0.05) is 30.0 Å². The fourth-order valence-corrected chi connectivity index (χ4v) is 3.06. The second-order valence-electron chi connectivity index (χ2n) is 4.94. The molecule has 0 spiro atoms. The van der Waals surface area contributed by atoms with Crippen LogP contribution >= 0.6 is 11.6 Å². The van der Waals surface area contributed by atoms with Crippen LogP contribution in [0.2, 0.25) is 5.02 Å². The maximum Gasteiger partial charge on any atom is 0.226 e. The average molecular weight is 294 g/mol. The molecule has 0 saturated carbocycles. The van der Waals surface area contributed by atoms with E-state index < -0.39 is 0 Å². The van der Waals surface area contributed by atoms with E-state index in [0.717, 1.165) is 16.8 Å². The largest absolute Gasteiger partial charge is 0.311 e. The molecule has 6 heteroatoms. The number of benzene rings is 1. The number of aromatic nitrogens is 2. The van der Waals surface area contributed by atoms with Gasteiger partial charge in [0.05, 0.1) is 5.69 Å². The zero-order valence-electron chi connectivity index (χ0n) is 11.1. The SMILES string of the molecule is Cc1nn(C)c2c1[C@@H](c1ccc(F)cc1Cl)CC(=O)N2. The lowest BCUT2D eigenvalue weighted by molar-refractivity contribution is -0.116. The molecule has 2 aromatic rings. The average Bonchev–Trinajstić information content (AvgIpc) is 2.64. The Morgan fingerprint density at radius 2 is 2.25 bits per heavy atom. The van der Waals surface area contributed by atoms with Crippen LogP contribution in [-0.4, -0.2) is 15.7 Å². The first kappa shape index (κ1) is 13.1. The molecular formula is C14H13ClFN3O. The number of fused-ring (bicyclic) bond motifs is 1. The fourth-order valence-electron chi connectivity index (χ4n) is 2.76. The van der Waals surface area contributed by atoms with Crippen LogP contribution in [0.5, 0.6) is 0 Å². The predicted octanol–water partition coefficient (Wildman–Crippen LogP) is 3.00. The molecule has 0 saturated heterocycles. The van der Waals surface area contributed by atoms with Crippen molar-refractivity contribution in [2.75, 3.05) is 5.32 Å². The summed E-state index contributed by atoms with van der Waals surface area (Å²) in [6.07, 6.45) is 0.283. The summed E-state index contributed by atoms with van der Waals surface area (Å²) >= 11 is 6.14. The molecule has 4 nitrogen and oxygen atoms in total. The summed E-state index contributed by atoms with van der Waals surface area (Å²) in [7, 11) is 1.78. The molecule has 3 rings (SSSR count). The minimum atomic E-state index is -0.387. The second-order valence-corrected chi connectivity index (χ2v) is 5.35. The molecule has 2 heterocycles. The highest BCUT2D eigenvalue weighted by Crippen LogP contribution is 2.41. The van der Waals surface area contributed by atoms with Crippen molar-refractivity contribution in [2.45, 2.75) is 19.3 Å². The Hall–Kier alpha value is -1.88. The smallest absolute Gasteiger partial charge is 0.226 e. The molecule has 104 valence electrons. The van der Waals surface area contributed by atoms with Crippen molar-refractivity contribution in [3.8, 4) is 0 Å². The molecule has 1 atom stereocenters. The highest BCUT2D eigenvalue weighted by atomic mass is 35.5. The molecule has 20 heavy (non-hydrogen) atoms. The molecule has 0 radical (unpaired) electrons. The summed E-state index contributed by atoms with van der Waals surface area (Å²) in [5, 5.41) is 7.49. The van der Waals surface area contributed by atoms with Crippen LogP contribution in [0.4, 0.5) is 10.2 Å². The van der Waals surface area contributed by atoms with Crippen molar-refractivity contribution in [1.29, 1.82) is 0 Å². The molecule has 1 amide bonds. The fraction of sp³-hybridized carbons (Fsp3) is 0.286. The first-order chi connectivity index (χ1) is 9.47. The molecular weight excluding hydrogens is 281 g/mol. The van der Waals surface area contributed by atoms with Gasteiger partial charge < -0.3 is 5.32 Å². The van der Waals surface area contributed by atoms with E-state index in [-0.39, 0.29) is 24.1 Å². The number of halogens is 2. The lowest BCUT2D eigenvalue weighted by Gasteiger charge is -2.24. The van der Waals surface area contributed by atoms with Gasteiger partial charge in [-0.15, -0.1) is 0 Å². The van der Waals surface area contributed by atoms with Crippen LogP contribution in [0.3, 0.4) is 0 Å². The minimum absolute atomic E-state index is 0.0918. The van der Waals surface area contributed by atoms with Crippen molar-refractivity contribution in [1.82, 2.24) is 9.78 Å². The van der Waals surface area contributed by atoms with E-state index in [0.29, 0.717) is 10.8 Å². The van der Waals surface area contributed by atoms with E-state index in [4.69, 9.17) is 11.6 Å². The Labute approximate surface area is 120 Å². The number of anilines is 1. The number of nitrogens with one attached hydrogen (secondary N) is 1. The Morgan fingerprint density at radius 3 is 2.95 bits per heavy atom.